The van der Waals surface area contributed by atoms with Crippen molar-refractivity contribution in [2.75, 3.05) is 21.3 Å². The summed E-state index contributed by atoms with van der Waals surface area (Å²) in [5, 5.41) is 11.7. The van der Waals surface area contributed by atoms with Gasteiger partial charge in [-0.15, -0.1) is 0 Å². The average Bonchev–Trinajstić information content (AvgIpc) is 3.41. The molecule has 238 valence electrons. The number of rotatable bonds is 13. The van der Waals surface area contributed by atoms with Crippen LogP contribution in [0.15, 0.2) is 101 Å². The molecule has 1 aliphatic rings. The van der Waals surface area contributed by atoms with Crippen LogP contribution in [0.25, 0.3) is 0 Å². The van der Waals surface area contributed by atoms with Crippen LogP contribution in [-0.2, 0) is 19.8 Å². The van der Waals surface area contributed by atoms with E-state index in [-0.39, 0.29) is 0 Å². The third-order valence-electron chi connectivity index (χ3n) is 8.36. The number of aromatic nitrogens is 2. The van der Waals surface area contributed by atoms with Crippen molar-refractivity contribution in [3.63, 3.8) is 0 Å². The van der Waals surface area contributed by atoms with E-state index in [2.05, 4.69) is 11.9 Å². The summed E-state index contributed by atoms with van der Waals surface area (Å²) >= 11 is 0. The number of nitrogens with one attached hydrogen (secondary N) is 1. The topological polar surface area (TPSA) is 121 Å². The molecule has 1 aliphatic heterocycles. The van der Waals surface area contributed by atoms with Crippen molar-refractivity contribution in [1.29, 1.82) is 0 Å². The van der Waals surface area contributed by atoms with Crippen molar-refractivity contribution in [3.05, 3.63) is 129 Å². The highest BCUT2D eigenvalue weighted by Crippen LogP contribution is 2.45. The Kier molecular flexibility index (Phi) is 10.2. The fourth-order valence-corrected chi connectivity index (χ4v) is 6.04. The highest BCUT2D eigenvalue weighted by atomic mass is 16.6. The van der Waals surface area contributed by atoms with E-state index >= 15 is 0 Å². The molecule has 10 heteroatoms. The quantitative estimate of drug-likeness (QED) is 0.212. The first kappa shape index (κ1) is 32.2. The molecule has 0 amide bonds. The summed E-state index contributed by atoms with van der Waals surface area (Å²) in [5.74, 6) is 1.40. The van der Waals surface area contributed by atoms with E-state index in [1.807, 2.05) is 78.9 Å². The van der Waals surface area contributed by atoms with Gasteiger partial charge in [0.25, 0.3) is 5.56 Å². The maximum atomic E-state index is 12.8. The molecular formula is C35H40N2O8. The van der Waals surface area contributed by atoms with Gasteiger partial charge >= 0.3 is 5.69 Å². The van der Waals surface area contributed by atoms with Gasteiger partial charge in [-0.1, -0.05) is 74.4 Å². The molecule has 10 nitrogen and oxygen atoms in total. The van der Waals surface area contributed by atoms with Gasteiger partial charge in [0.2, 0.25) is 0 Å². The molecular weight excluding hydrogens is 576 g/mol. The van der Waals surface area contributed by atoms with E-state index in [0.29, 0.717) is 17.9 Å². The lowest BCUT2D eigenvalue weighted by molar-refractivity contribution is -0.147. The van der Waals surface area contributed by atoms with Crippen molar-refractivity contribution < 1.29 is 28.8 Å². The molecule has 2 heterocycles. The summed E-state index contributed by atoms with van der Waals surface area (Å²) in [7, 11) is 4.69. The van der Waals surface area contributed by atoms with E-state index in [4.69, 9.17) is 23.7 Å². The summed E-state index contributed by atoms with van der Waals surface area (Å²) in [6, 6.07) is 26.6. The molecule has 5 atom stereocenters. The van der Waals surface area contributed by atoms with Crippen molar-refractivity contribution >= 4 is 0 Å². The summed E-state index contributed by atoms with van der Waals surface area (Å²) < 4.78 is 31.7. The predicted octanol–water partition coefficient (Wildman–Crippen LogP) is 4.39. The Balaban J connectivity index is 1.67. The SMILES string of the molecule is CCCC[C@@H](OC(c1ccccc1)(c1ccc(OC)cc1)c1ccc(OC)cc1)[C@H]1O[C@@H](n2ccc(=O)[nH]c2=O)[C@@H](OC)C1O. The van der Waals surface area contributed by atoms with Gasteiger partial charge in [0.05, 0.1) is 20.3 Å². The summed E-state index contributed by atoms with van der Waals surface area (Å²) in [6.07, 6.45) is -1.05. The molecule has 1 unspecified atom stereocenters. The molecule has 0 aliphatic carbocycles. The maximum absolute atomic E-state index is 12.8. The van der Waals surface area contributed by atoms with Crippen LogP contribution < -0.4 is 20.7 Å². The number of unbranched alkanes of at least 4 members (excludes halogenated alkanes) is 1. The van der Waals surface area contributed by atoms with Gasteiger partial charge in [-0.3, -0.25) is 14.3 Å². The number of nitrogens with zero attached hydrogens (tertiary/aromatic N) is 1. The lowest BCUT2D eigenvalue weighted by Gasteiger charge is -2.41. The third kappa shape index (κ3) is 6.46. The molecule has 5 rings (SSSR count). The van der Waals surface area contributed by atoms with E-state index in [1.54, 1.807) is 14.2 Å². The number of aromatic amines is 1. The van der Waals surface area contributed by atoms with E-state index < -0.39 is 47.5 Å². The first-order valence-corrected chi connectivity index (χ1v) is 15.1. The van der Waals surface area contributed by atoms with Gasteiger partial charge in [-0.25, -0.2) is 4.79 Å². The standard InChI is InChI=1S/C35H40N2O8/c1-5-6-12-28(31-30(39)32(43-4)33(44-31)37-22-21-29(38)36-34(37)40)45-35(23-10-8-7-9-11-23,24-13-17-26(41-2)18-14-24)25-15-19-27(42-3)20-16-25/h7-11,13-22,28,30-33,39H,5-6,12H2,1-4H3,(H,36,38,40)/t28-,30?,31-,32+,33-/m1/s1. The van der Waals surface area contributed by atoms with E-state index in [0.717, 1.165) is 29.5 Å². The maximum Gasteiger partial charge on any atom is 0.330 e. The molecule has 2 N–H and O–H groups in total. The van der Waals surface area contributed by atoms with Crippen molar-refractivity contribution in [2.45, 2.75) is 62.4 Å². The Morgan fingerprint density at radius 2 is 1.44 bits per heavy atom. The second-order valence-electron chi connectivity index (χ2n) is 11.0. The highest BCUT2D eigenvalue weighted by Gasteiger charge is 2.51. The third-order valence-corrected chi connectivity index (χ3v) is 8.36. The minimum Gasteiger partial charge on any atom is -0.497 e. The number of H-pyrrole nitrogens is 1. The highest BCUT2D eigenvalue weighted by molar-refractivity contribution is 5.50. The lowest BCUT2D eigenvalue weighted by atomic mass is 9.79. The summed E-state index contributed by atoms with van der Waals surface area (Å²) in [4.78, 5) is 26.8. The fourth-order valence-electron chi connectivity index (χ4n) is 6.04. The lowest BCUT2D eigenvalue weighted by Crippen LogP contribution is -2.46. The van der Waals surface area contributed by atoms with Crippen LogP contribution in [0, 0.1) is 0 Å². The number of methoxy groups -OCH3 is 3. The Morgan fingerprint density at radius 3 is 1.96 bits per heavy atom. The first-order valence-electron chi connectivity index (χ1n) is 15.1. The number of aliphatic hydroxyl groups is 1. The van der Waals surface area contributed by atoms with Crippen LogP contribution in [0.3, 0.4) is 0 Å². The molecule has 45 heavy (non-hydrogen) atoms. The molecule has 1 fully saturated rings. The molecule has 0 bridgehead atoms. The Hall–Kier alpha value is -4.22. The van der Waals surface area contributed by atoms with Gasteiger partial charge < -0.3 is 28.8 Å². The number of ether oxygens (including phenoxy) is 5. The average molecular weight is 617 g/mol. The molecule has 3 aromatic carbocycles. The normalized spacial score (nSPS) is 20.6. The minimum atomic E-state index is -1.16. The predicted molar refractivity (Wildman–Crippen MR) is 169 cm³/mol. The van der Waals surface area contributed by atoms with E-state index in [9.17, 15) is 14.7 Å². The summed E-state index contributed by atoms with van der Waals surface area (Å²) in [6.45, 7) is 2.08. The second-order valence-corrected chi connectivity index (χ2v) is 11.0. The molecule has 0 spiro atoms. The fraction of sp³-hybridized carbons (Fsp3) is 0.371. The monoisotopic (exact) mass is 616 g/mol. The zero-order chi connectivity index (χ0) is 32.0. The van der Waals surface area contributed by atoms with Gasteiger partial charge in [0.1, 0.15) is 35.4 Å². The molecule has 1 saturated heterocycles. The first-order chi connectivity index (χ1) is 21.9. The molecule has 0 radical (unpaired) electrons. The van der Waals surface area contributed by atoms with E-state index in [1.165, 1.54) is 23.9 Å². The van der Waals surface area contributed by atoms with Crippen molar-refractivity contribution in [1.82, 2.24) is 9.55 Å². The minimum absolute atomic E-state index is 0.531. The van der Waals surface area contributed by atoms with Crippen molar-refractivity contribution in [2.24, 2.45) is 0 Å². The van der Waals surface area contributed by atoms with Crippen LogP contribution in [0.4, 0.5) is 0 Å². The Bertz CT molecular complexity index is 1590. The smallest absolute Gasteiger partial charge is 0.330 e. The van der Waals surface area contributed by atoms with Gasteiger partial charge in [-0.2, -0.15) is 0 Å². The number of aliphatic hydroxyl groups excluding tert-OH is 1. The summed E-state index contributed by atoms with van der Waals surface area (Å²) in [5.41, 5.74) is 0.192. The molecule has 1 aromatic heterocycles. The Morgan fingerprint density at radius 1 is 0.867 bits per heavy atom. The number of benzene rings is 3. The van der Waals surface area contributed by atoms with Crippen LogP contribution in [0.2, 0.25) is 0 Å². The number of hydrogen-bond donors (Lipinski definition) is 2. The van der Waals surface area contributed by atoms with Gasteiger partial charge in [-0.05, 0) is 47.4 Å². The second kappa shape index (κ2) is 14.3. The zero-order valence-corrected chi connectivity index (χ0v) is 25.9. The molecule has 4 aromatic rings. The zero-order valence-electron chi connectivity index (χ0n) is 25.9. The molecule has 0 saturated carbocycles. The number of hydrogen-bond acceptors (Lipinski definition) is 8. The van der Waals surface area contributed by atoms with Gasteiger partial charge in [0.15, 0.2) is 6.23 Å². The Labute approximate surface area is 262 Å². The largest absolute Gasteiger partial charge is 0.497 e. The van der Waals surface area contributed by atoms with Crippen LogP contribution >= 0.6 is 0 Å². The van der Waals surface area contributed by atoms with Crippen molar-refractivity contribution in [3.8, 4) is 11.5 Å². The van der Waals surface area contributed by atoms with Crippen LogP contribution in [-0.4, -0.2) is 60.4 Å². The van der Waals surface area contributed by atoms with Crippen LogP contribution in [0.5, 0.6) is 11.5 Å². The van der Waals surface area contributed by atoms with Crippen LogP contribution in [0.1, 0.15) is 49.1 Å². The van der Waals surface area contributed by atoms with Gasteiger partial charge in [0, 0.05) is 19.4 Å².